The van der Waals surface area contributed by atoms with Crippen LogP contribution >= 0.6 is 0 Å². The number of fused-ring (bicyclic) bond motifs is 2. The van der Waals surface area contributed by atoms with Crippen molar-refractivity contribution in [3.63, 3.8) is 0 Å². The van der Waals surface area contributed by atoms with Crippen LogP contribution in [0.3, 0.4) is 0 Å². The van der Waals surface area contributed by atoms with Crippen molar-refractivity contribution in [1.82, 2.24) is 25.2 Å². The lowest BCUT2D eigenvalue weighted by atomic mass is 10.0. The number of alkyl carbamates (subject to hydrolysis) is 1. The van der Waals surface area contributed by atoms with Gasteiger partial charge in [0, 0.05) is 18.5 Å². The summed E-state index contributed by atoms with van der Waals surface area (Å²) in [5.41, 5.74) is -0.908. The van der Waals surface area contributed by atoms with E-state index in [1.165, 1.54) is 11.1 Å². The summed E-state index contributed by atoms with van der Waals surface area (Å²) in [6.07, 6.45) is 13.4. The number of nitrogens with one attached hydrogen (secondary N) is 3. The largest absolute Gasteiger partial charge is 0.446 e. The van der Waals surface area contributed by atoms with Crippen molar-refractivity contribution in [2.75, 3.05) is 6.54 Å². The van der Waals surface area contributed by atoms with Crippen molar-refractivity contribution in [2.45, 2.75) is 119 Å². The molecular weight excluding hydrogens is 640 g/mol. The summed E-state index contributed by atoms with van der Waals surface area (Å²) >= 11 is 0. The summed E-state index contributed by atoms with van der Waals surface area (Å²) < 4.78 is 33.2. The number of hydrogen-bond acceptors (Lipinski definition) is 10. The normalized spacial score (nSPS) is 30.7. The molecule has 5 atom stereocenters. The number of carbonyl (C=O) groups excluding carboxylic acids is 4. The lowest BCUT2D eigenvalue weighted by Crippen LogP contribution is -2.58. The molecule has 6 rings (SSSR count). The predicted octanol–water partition coefficient (Wildman–Crippen LogP) is 2.44. The fourth-order valence-corrected chi connectivity index (χ4v) is 8.16. The summed E-state index contributed by atoms with van der Waals surface area (Å²) in [5.74, 6) is -2.26. The monoisotopic (exact) mass is 684 g/mol. The van der Waals surface area contributed by atoms with Crippen LogP contribution in [-0.2, 0) is 34.0 Å². The van der Waals surface area contributed by atoms with E-state index >= 15 is 0 Å². The Kier molecular flexibility index (Phi) is 10.3. The van der Waals surface area contributed by atoms with Crippen LogP contribution in [0.25, 0.3) is 0 Å². The molecule has 0 spiro atoms. The van der Waals surface area contributed by atoms with Gasteiger partial charge in [-0.2, -0.15) is 0 Å². The summed E-state index contributed by atoms with van der Waals surface area (Å²) in [4.78, 5) is 66.0. The van der Waals surface area contributed by atoms with E-state index in [2.05, 4.69) is 25.5 Å². The first kappa shape index (κ1) is 33.9. The van der Waals surface area contributed by atoms with E-state index in [0.29, 0.717) is 37.8 Å². The zero-order valence-electron chi connectivity index (χ0n) is 26.9. The highest BCUT2D eigenvalue weighted by atomic mass is 32.2. The minimum Gasteiger partial charge on any atom is -0.446 e. The van der Waals surface area contributed by atoms with Crippen molar-refractivity contribution in [3.8, 4) is 0 Å². The lowest BCUT2D eigenvalue weighted by Gasteiger charge is -2.30. The number of aromatic nitrogens is 1. The average molecular weight is 685 g/mol. The zero-order valence-corrected chi connectivity index (χ0v) is 27.7. The number of amides is 4. The minimum absolute atomic E-state index is 0.00488. The van der Waals surface area contributed by atoms with Crippen molar-refractivity contribution in [1.29, 1.82) is 0 Å². The maximum absolute atomic E-state index is 14.2. The van der Waals surface area contributed by atoms with E-state index in [1.807, 2.05) is 12.2 Å². The van der Waals surface area contributed by atoms with E-state index in [4.69, 9.17) is 9.57 Å². The second kappa shape index (κ2) is 14.6. The number of pyridine rings is 1. The molecule has 4 amide bonds. The summed E-state index contributed by atoms with van der Waals surface area (Å²) in [6, 6.07) is 3.31. The molecule has 3 saturated carbocycles. The maximum atomic E-state index is 14.2. The number of hydrogen-bond donors (Lipinski definition) is 3. The first-order chi connectivity index (χ1) is 23.1. The molecular formula is C33H44N6O8S. The molecule has 0 aromatic carbocycles. The number of rotatable bonds is 8. The van der Waals surface area contributed by atoms with E-state index < -0.39 is 68.7 Å². The fourth-order valence-electron chi connectivity index (χ4n) is 6.80. The third-order valence-electron chi connectivity index (χ3n) is 9.79. The molecule has 260 valence electrons. The molecule has 1 aromatic heterocycles. The average Bonchev–Trinajstić information content (AvgIpc) is 3.93. The van der Waals surface area contributed by atoms with Crippen LogP contribution in [0.15, 0.2) is 41.7 Å². The minimum atomic E-state index is -3.86. The molecule has 3 heterocycles. The molecule has 1 saturated heterocycles. The Morgan fingerprint density at radius 3 is 2.58 bits per heavy atom. The van der Waals surface area contributed by atoms with Gasteiger partial charge in [0.05, 0.1) is 23.7 Å². The zero-order chi connectivity index (χ0) is 33.7. The molecule has 3 aliphatic carbocycles. The van der Waals surface area contributed by atoms with Crippen LogP contribution in [0.5, 0.6) is 0 Å². The molecule has 4 fully saturated rings. The van der Waals surface area contributed by atoms with Gasteiger partial charge in [-0.15, -0.1) is 0 Å². The SMILES string of the molecule is O=C(N[C@H]1CCCCC/C=C\[C@@H]2CC2(C(=O)NS(=O)(=O)C2CC2)NC(=O)[C@@H]2C[C@@H](O/N=C/c3ccccn3)CN2C1=O)OC1CCCC1. The standard InChI is InChI=1S/C33H44N6O8S/c40-29-28-18-25(47-35-20-23-11-8-9-17-34-23)21-39(28)30(41)27(36-32(43)46-24-12-6-7-13-24)14-5-3-1-2-4-10-22-19-33(22,37-29)31(42)38-48(44,45)26-15-16-26/h4,8-11,17,20,22,24-28H,1-3,5-7,12-16,18-19,21H2,(H,36,43)(H,37,40)(H,38,42)/b10-4-,35-20+/t22-,25-,27+,28+,33?/m1/s1. The Labute approximate surface area is 280 Å². The number of allylic oxidation sites excluding steroid dienone is 1. The van der Waals surface area contributed by atoms with Gasteiger partial charge in [-0.1, -0.05) is 36.2 Å². The Balaban J connectivity index is 1.23. The number of carbonyl (C=O) groups is 4. The quantitative estimate of drug-likeness (QED) is 0.210. The highest BCUT2D eigenvalue weighted by molar-refractivity contribution is 7.91. The molecule has 3 N–H and O–H groups in total. The second-order valence-electron chi connectivity index (χ2n) is 13.5. The van der Waals surface area contributed by atoms with E-state index in [1.54, 1.807) is 24.4 Å². The number of oxime groups is 1. The molecule has 2 aliphatic heterocycles. The summed E-state index contributed by atoms with van der Waals surface area (Å²) in [5, 5.41) is 9.05. The molecule has 1 unspecified atom stereocenters. The van der Waals surface area contributed by atoms with Gasteiger partial charge in [0.1, 0.15) is 29.8 Å². The summed E-state index contributed by atoms with van der Waals surface area (Å²) in [7, 11) is -3.86. The topological polar surface area (TPSA) is 185 Å². The van der Waals surface area contributed by atoms with E-state index in [9.17, 15) is 27.6 Å². The van der Waals surface area contributed by atoms with Crippen molar-refractivity contribution in [3.05, 3.63) is 42.2 Å². The van der Waals surface area contributed by atoms with Gasteiger partial charge < -0.3 is 25.1 Å². The molecule has 0 bridgehead atoms. The van der Waals surface area contributed by atoms with Crippen LogP contribution in [-0.4, -0.2) is 90.0 Å². The first-order valence-electron chi connectivity index (χ1n) is 17.1. The molecule has 1 aromatic rings. The Morgan fingerprint density at radius 2 is 1.83 bits per heavy atom. The van der Waals surface area contributed by atoms with Gasteiger partial charge in [0.15, 0.2) is 0 Å². The number of nitrogens with zero attached hydrogens (tertiary/aromatic N) is 3. The molecule has 48 heavy (non-hydrogen) atoms. The number of ether oxygens (including phenoxy) is 1. The van der Waals surface area contributed by atoms with E-state index in [-0.39, 0.29) is 25.5 Å². The van der Waals surface area contributed by atoms with Gasteiger partial charge in [-0.3, -0.25) is 24.1 Å². The summed E-state index contributed by atoms with van der Waals surface area (Å²) in [6.45, 7) is 0.00488. The van der Waals surface area contributed by atoms with Gasteiger partial charge in [0.25, 0.3) is 5.91 Å². The highest BCUT2D eigenvalue weighted by Crippen LogP contribution is 2.46. The van der Waals surface area contributed by atoms with Gasteiger partial charge in [-0.25, -0.2) is 13.2 Å². The highest BCUT2D eigenvalue weighted by Gasteiger charge is 2.62. The van der Waals surface area contributed by atoms with Crippen LogP contribution < -0.4 is 15.4 Å². The van der Waals surface area contributed by atoms with Gasteiger partial charge >= 0.3 is 6.09 Å². The van der Waals surface area contributed by atoms with Crippen LogP contribution in [0, 0.1) is 5.92 Å². The first-order valence-corrected chi connectivity index (χ1v) is 18.6. The van der Waals surface area contributed by atoms with Crippen molar-refractivity contribution >= 4 is 40.1 Å². The lowest BCUT2D eigenvalue weighted by molar-refractivity contribution is -0.141. The molecule has 15 heteroatoms. The maximum Gasteiger partial charge on any atom is 0.408 e. The Hall–Kier alpha value is -4.01. The van der Waals surface area contributed by atoms with Crippen LogP contribution in [0.4, 0.5) is 4.79 Å². The third kappa shape index (κ3) is 8.16. The Bertz CT molecular complexity index is 1530. The van der Waals surface area contributed by atoms with Crippen LogP contribution in [0.1, 0.15) is 89.2 Å². The fraction of sp³-hybridized carbons (Fsp3) is 0.636. The molecule has 14 nitrogen and oxygen atoms in total. The molecule has 0 radical (unpaired) electrons. The molecule has 5 aliphatic rings. The second-order valence-corrected chi connectivity index (χ2v) is 15.4. The van der Waals surface area contributed by atoms with E-state index in [0.717, 1.165) is 38.5 Å². The van der Waals surface area contributed by atoms with Gasteiger partial charge in [-0.05, 0) is 76.3 Å². The number of sulfonamides is 1. The predicted molar refractivity (Wildman–Crippen MR) is 174 cm³/mol. The third-order valence-corrected chi connectivity index (χ3v) is 11.6. The van der Waals surface area contributed by atoms with Gasteiger partial charge in [0.2, 0.25) is 21.8 Å². The smallest absolute Gasteiger partial charge is 0.408 e. The Morgan fingerprint density at radius 1 is 1.04 bits per heavy atom. The van der Waals surface area contributed by atoms with Crippen molar-refractivity contribution in [2.24, 2.45) is 11.1 Å². The van der Waals surface area contributed by atoms with Crippen molar-refractivity contribution < 1.29 is 37.2 Å². The van der Waals surface area contributed by atoms with Crippen LogP contribution in [0.2, 0.25) is 0 Å².